The number of rotatable bonds is 3. The van der Waals surface area contributed by atoms with E-state index in [1.165, 1.54) is 18.2 Å². The fourth-order valence-corrected chi connectivity index (χ4v) is 2.09. The minimum absolute atomic E-state index is 0.375. The summed E-state index contributed by atoms with van der Waals surface area (Å²) < 4.78 is 18.7. The molecule has 0 spiro atoms. The van der Waals surface area contributed by atoms with E-state index in [0.29, 0.717) is 12.2 Å². The molecule has 4 nitrogen and oxygen atoms in total. The van der Waals surface area contributed by atoms with Gasteiger partial charge in [-0.1, -0.05) is 0 Å². The third-order valence-electron chi connectivity index (χ3n) is 2.96. The van der Waals surface area contributed by atoms with Crippen molar-refractivity contribution in [3.63, 3.8) is 0 Å². The summed E-state index contributed by atoms with van der Waals surface area (Å²) in [7, 11) is 0. The van der Waals surface area contributed by atoms with E-state index in [9.17, 15) is 9.18 Å². The third kappa shape index (κ3) is 3.79. The first-order valence-corrected chi connectivity index (χ1v) is 6.20. The zero-order valence-corrected chi connectivity index (χ0v) is 10.5. The minimum Gasteiger partial charge on any atom is -0.478 e. The number of carboxylic acid groups (broad SMARTS) is 1. The second kappa shape index (κ2) is 6.33. The summed E-state index contributed by atoms with van der Waals surface area (Å²) in [6, 6.07) is 4.42. The number of carbonyl (C=O) groups is 1. The van der Waals surface area contributed by atoms with Crippen LogP contribution in [-0.4, -0.2) is 37.4 Å². The smallest absolute Gasteiger partial charge is 0.328 e. The van der Waals surface area contributed by atoms with E-state index in [0.717, 1.165) is 37.9 Å². The summed E-state index contributed by atoms with van der Waals surface area (Å²) in [6.45, 7) is 2.89. The number of nitrogens with zero attached hydrogens (tertiary/aromatic N) is 1. The summed E-state index contributed by atoms with van der Waals surface area (Å²) in [6.07, 6.45) is 3.35. The van der Waals surface area contributed by atoms with Gasteiger partial charge in [0.05, 0.1) is 6.61 Å². The normalized spacial score (nSPS) is 16.6. The molecular weight excluding hydrogens is 249 g/mol. The monoisotopic (exact) mass is 265 g/mol. The van der Waals surface area contributed by atoms with Crippen LogP contribution in [0.2, 0.25) is 0 Å². The Morgan fingerprint density at radius 1 is 1.37 bits per heavy atom. The average Bonchev–Trinajstić information content (AvgIpc) is 2.65. The molecule has 0 amide bonds. The van der Waals surface area contributed by atoms with Gasteiger partial charge in [-0.3, -0.25) is 0 Å². The second-order valence-electron chi connectivity index (χ2n) is 4.33. The maximum atomic E-state index is 13.3. The van der Waals surface area contributed by atoms with Gasteiger partial charge >= 0.3 is 5.97 Å². The van der Waals surface area contributed by atoms with E-state index < -0.39 is 5.97 Å². The summed E-state index contributed by atoms with van der Waals surface area (Å²) in [4.78, 5) is 12.7. The maximum Gasteiger partial charge on any atom is 0.328 e. The Morgan fingerprint density at radius 2 is 2.21 bits per heavy atom. The Bertz CT molecular complexity index is 480. The highest BCUT2D eigenvalue weighted by Crippen LogP contribution is 2.24. The molecule has 0 saturated carbocycles. The van der Waals surface area contributed by atoms with Crippen molar-refractivity contribution in [3.8, 4) is 0 Å². The van der Waals surface area contributed by atoms with Gasteiger partial charge in [-0.25, -0.2) is 9.18 Å². The lowest BCUT2D eigenvalue weighted by Gasteiger charge is -2.24. The highest BCUT2D eigenvalue weighted by Gasteiger charge is 2.13. The molecule has 0 aliphatic carbocycles. The summed E-state index contributed by atoms with van der Waals surface area (Å²) >= 11 is 0. The molecule has 0 radical (unpaired) electrons. The highest BCUT2D eigenvalue weighted by atomic mass is 19.1. The van der Waals surface area contributed by atoms with Gasteiger partial charge in [-0.05, 0) is 30.7 Å². The summed E-state index contributed by atoms with van der Waals surface area (Å²) in [5, 5.41) is 8.68. The van der Waals surface area contributed by atoms with Crippen molar-refractivity contribution < 1.29 is 19.0 Å². The zero-order chi connectivity index (χ0) is 13.7. The first-order chi connectivity index (χ1) is 9.16. The number of halogens is 1. The lowest BCUT2D eigenvalue weighted by molar-refractivity contribution is -0.131. The number of ether oxygens (including phenoxy) is 1. The van der Waals surface area contributed by atoms with Gasteiger partial charge in [0.25, 0.3) is 0 Å². The van der Waals surface area contributed by atoms with Crippen LogP contribution in [0.4, 0.5) is 10.1 Å². The standard InChI is InChI=1S/C14H16FNO3/c15-12-3-4-13(11(10-12)2-5-14(17)18)16-6-1-8-19-9-7-16/h2-5,10H,1,6-9H2,(H,17,18). The van der Waals surface area contributed by atoms with Crippen molar-refractivity contribution >= 4 is 17.7 Å². The first kappa shape index (κ1) is 13.5. The predicted octanol–water partition coefficient (Wildman–Crippen LogP) is 2.15. The van der Waals surface area contributed by atoms with E-state index in [-0.39, 0.29) is 5.82 Å². The average molecular weight is 265 g/mol. The molecule has 2 rings (SSSR count). The Morgan fingerprint density at radius 3 is 3.00 bits per heavy atom. The van der Waals surface area contributed by atoms with Crippen molar-refractivity contribution in [1.82, 2.24) is 0 Å². The largest absolute Gasteiger partial charge is 0.478 e. The van der Waals surface area contributed by atoms with Gasteiger partial charge in [-0.15, -0.1) is 0 Å². The molecule has 1 heterocycles. The van der Waals surface area contributed by atoms with E-state index in [1.54, 1.807) is 6.07 Å². The topological polar surface area (TPSA) is 49.8 Å². The molecule has 1 saturated heterocycles. The maximum absolute atomic E-state index is 13.3. The molecule has 1 aliphatic heterocycles. The molecule has 1 aromatic carbocycles. The molecule has 1 aliphatic rings. The van der Waals surface area contributed by atoms with Gasteiger partial charge in [0.15, 0.2) is 0 Å². The molecule has 0 unspecified atom stereocenters. The zero-order valence-electron chi connectivity index (χ0n) is 10.5. The Labute approximate surface area is 111 Å². The fraction of sp³-hybridized carbons (Fsp3) is 0.357. The molecule has 19 heavy (non-hydrogen) atoms. The number of anilines is 1. The van der Waals surface area contributed by atoms with Gasteiger partial charge in [-0.2, -0.15) is 0 Å². The van der Waals surface area contributed by atoms with Crippen molar-refractivity contribution in [2.45, 2.75) is 6.42 Å². The van der Waals surface area contributed by atoms with Crippen LogP contribution in [0.25, 0.3) is 6.08 Å². The molecule has 5 heteroatoms. The molecule has 102 valence electrons. The van der Waals surface area contributed by atoms with Crippen LogP contribution in [-0.2, 0) is 9.53 Å². The van der Waals surface area contributed by atoms with Crippen molar-refractivity contribution in [2.24, 2.45) is 0 Å². The summed E-state index contributed by atoms with van der Waals surface area (Å²) in [5.74, 6) is -1.42. The van der Waals surface area contributed by atoms with Crippen LogP contribution in [0.15, 0.2) is 24.3 Å². The van der Waals surface area contributed by atoms with Crippen LogP contribution < -0.4 is 4.90 Å². The van der Waals surface area contributed by atoms with Crippen LogP contribution >= 0.6 is 0 Å². The molecule has 0 bridgehead atoms. The van der Waals surface area contributed by atoms with E-state index in [2.05, 4.69) is 4.90 Å². The van der Waals surface area contributed by atoms with Crippen LogP contribution in [0.3, 0.4) is 0 Å². The number of carboxylic acids is 1. The molecule has 1 N–H and O–H groups in total. The lowest BCUT2D eigenvalue weighted by atomic mass is 10.1. The van der Waals surface area contributed by atoms with Crippen LogP contribution in [0.1, 0.15) is 12.0 Å². The summed E-state index contributed by atoms with van der Waals surface area (Å²) in [5.41, 5.74) is 1.41. The SMILES string of the molecule is O=C(O)C=Cc1cc(F)ccc1N1CCCOCC1. The van der Waals surface area contributed by atoms with Crippen molar-refractivity contribution in [2.75, 3.05) is 31.2 Å². The van der Waals surface area contributed by atoms with Crippen LogP contribution in [0.5, 0.6) is 0 Å². The number of hydrogen-bond donors (Lipinski definition) is 1. The minimum atomic E-state index is -1.05. The van der Waals surface area contributed by atoms with Crippen LogP contribution in [0, 0.1) is 5.82 Å². The Balaban J connectivity index is 2.29. The van der Waals surface area contributed by atoms with Gasteiger partial charge < -0.3 is 14.7 Å². The molecular formula is C14H16FNO3. The fourth-order valence-electron chi connectivity index (χ4n) is 2.09. The number of hydrogen-bond acceptors (Lipinski definition) is 3. The highest BCUT2D eigenvalue weighted by molar-refractivity contribution is 5.87. The van der Waals surface area contributed by atoms with Crippen molar-refractivity contribution in [3.05, 3.63) is 35.7 Å². The third-order valence-corrected chi connectivity index (χ3v) is 2.96. The molecule has 1 fully saturated rings. The number of aliphatic carboxylic acids is 1. The van der Waals surface area contributed by atoms with E-state index in [4.69, 9.17) is 9.84 Å². The van der Waals surface area contributed by atoms with Crippen molar-refractivity contribution in [1.29, 1.82) is 0 Å². The van der Waals surface area contributed by atoms with E-state index >= 15 is 0 Å². The predicted molar refractivity (Wildman–Crippen MR) is 70.7 cm³/mol. The number of benzene rings is 1. The first-order valence-electron chi connectivity index (χ1n) is 6.20. The molecule has 0 aromatic heterocycles. The Kier molecular flexibility index (Phi) is 4.52. The quantitative estimate of drug-likeness (QED) is 0.851. The second-order valence-corrected chi connectivity index (χ2v) is 4.33. The lowest BCUT2D eigenvalue weighted by Crippen LogP contribution is -2.26. The van der Waals surface area contributed by atoms with Gasteiger partial charge in [0, 0.05) is 37.0 Å². The molecule has 1 aromatic rings. The molecule has 0 atom stereocenters. The van der Waals surface area contributed by atoms with E-state index in [1.807, 2.05) is 0 Å². The Hall–Kier alpha value is -1.88. The van der Waals surface area contributed by atoms with Gasteiger partial charge in [0.2, 0.25) is 0 Å². The van der Waals surface area contributed by atoms with Gasteiger partial charge in [0.1, 0.15) is 5.82 Å².